The maximum absolute atomic E-state index is 11.7. The first kappa shape index (κ1) is 14.8. The molecule has 2 aromatic rings. The van der Waals surface area contributed by atoms with Gasteiger partial charge in [0.15, 0.2) is 0 Å². The van der Waals surface area contributed by atoms with E-state index in [4.69, 9.17) is 0 Å². The number of hydrogen-bond acceptors (Lipinski definition) is 3. The number of halogens is 1. The molecule has 1 heterocycles. The van der Waals surface area contributed by atoms with Crippen molar-refractivity contribution in [3.05, 3.63) is 64.1 Å². The van der Waals surface area contributed by atoms with Crippen LogP contribution < -0.4 is 0 Å². The van der Waals surface area contributed by atoms with Gasteiger partial charge >= 0.3 is 0 Å². The Bertz CT molecular complexity index is 667. The zero-order chi connectivity index (χ0) is 15.0. The van der Waals surface area contributed by atoms with Crippen LogP contribution in [0.15, 0.2) is 57.9 Å². The van der Waals surface area contributed by atoms with Crippen LogP contribution in [0.4, 0.5) is 0 Å². The Morgan fingerprint density at radius 3 is 2.52 bits per heavy atom. The van der Waals surface area contributed by atoms with E-state index in [2.05, 4.69) is 15.9 Å². The van der Waals surface area contributed by atoms with Crippen molar-refractivity contribution < 1.29 is 9.90 Å². The summed E-state index contributed by atoms with van der Waals surface area (Å²) in [4.78, 5) is 12.7. The molecule has 3 atom stereocenters. The molecule has 1 N–H and O–H groups in total. The predicted octanol–water partition coefficient (Wildman–Crippen LogP) is 4.32. The molecular formula is C17H15BrO2S. The van der Waals surface area contributed by atoms with E-state index in [1.807, 2.05) is 48.5 Å². The second-order valence-corrected chi connectivity index (χ2v) is 7.49. The molecule has 1 aliphatic heterocycles. The van der Waals surface area contributed by atoms with Crippen molar-refractivity contribution in [2.45, 2.75) is 22.7 Å². The average Bonchev–Trinajstić information content (AvgIpc) is 2.47. The fraction of sp³-hybridized carbons (Fsp3) is 0.235. The van der Waals surface area contributed by atoms with Gasteiger partial charge in [-0.15, -0.1) is 11.8 Å². The number of benzene rings is 2. The number of hydrogen-bond donors (Lipinski definition) is 1. The van der Waals surface area contributed by atoms with Crippen LogP contribution in [0.1, 0.15) is 23.3 Å². The molecule has 108 valence electrons. The van der Waals surface area contributed by atoms with Crippen molar-refractivity contribution in [3.8, 4) is 0 Å². The highest BCUT2D eigenvalue weighted by Crippen LogP contribution is 2.54. The molecule has 0 fully saturated rings. The lowest BCUT2D eigenvalue weighted by molar-refractivity contribution is -0.120. The first-order chi connectivity index (χ1) is 10.0. The van der Waals surface area contributed by atoms with Crippen LogP contribution in [0, 0.1) is 5.92 Å². The topological polar surface area (TPSA) is 37.3 Å². The number of carbonyl (C=O) groups is 1. The molecule has 0 saturated carbocycles. The standard InChI is InChI=1S/C17H15BrO2S/c1-17(20)13-4-2-3-5-15(13)21-16(14(17)10-19)11-6-8-12(18)9-7-11/h2-10,14,16,20H,1H3/t14-,16-,17-/m1/s1. The highest BCUT2D eigenvalue weighted by atomic mass is 79.9. The maximum atomic E-state index is 11.7. The predicted molar refractivity (Wildman–Crippen MR) is 88.3 cm³/mol. The molecular weight excluding hydrogens is 348 g/mol. The van der Waals surface area contributed by atoms with Gasteiger partial charge in [-0.3, -0.25) is 0 Å². The number of rotatable bonds is 2. The molecule has 3 rings (SSSR count). The molecule has 1 aliphatic rings. The van der Waals surface area contributed by atoms with Gasteiger partial charge in [-0.1, -0.05) is 46.3 Å². The summed E-state index contributed by atoms with van der Waals surface area (Å²) in [6.07, 6.45) is 0.885. The Morgan fingerprint density at radius 1 is 1.19 bits per heavy atom. The third-order valence-electron chi connectivity index (χ3n) is 4.01. The Morgan fingerprint density at radius 2 is 1.86 bits per heavy atom. The molecule has 0 aliphatic carbocycles. The van der Waals surface area contributed by atoms with Crippen molar-refractivity contribution in [1.82, 2.24) is 0 Å². The first-order valence-corrected chi connectivity index (χ1v) is 8.40. The molecule has 21 heavy (non-hydrogen) atoms. The van der Waals surface area contributed by atoms with Crippen LogP contribution in [0.2, 0.25) is 0 Å². The van der Waals surface area contributed by atoms with Gasteiger partial charge in [0.25, 0.3) is 0 Å². The van der Waals surface area contributed by atoms with Crippen molar-refractivity contribution in [3.63, 3.8) is 0 Å². The summed E-state index contributed by atoms with van der Waals surface area (Å²) in [5.41, 5.74) is 0.733. The number of aldehydes is 1. The molecule has 0 unspecified atom stereocenters. The number of fused-ring (bicyclic) bond motifs is 1. The molecule has 2 aromatic carbocycles. The molecule has 0 radical (unpaired) electrons. The van der Waals surface area contributed by atoms with Gasteiger partial charge in [-0.2, -0.15) is 0 Å². The van der Waals surface area contributed by atoms with Gasteiger partial charge < -0.3 is 9.90 Å². The summed E-state index contributed by atoms with van der Waals surface area (Å²) < 4.78 is 1.00. The summed E-state index contributed by atoms with van der Waals surface area (Å²) in [7, 11) is 0. The minimum atomic E-state index is -1.15. The van der Waals surface area contributed by atoms with E-state index in [0.29, 0.717) is 0 Å². The summed E-state index contributed by atoms with van der Waals surface area (Å²) in [5.74, 6) is -0.474. The van der Waals surface area contributed by atoms with Crippen LogP contribution in [-0.2, 0) is 10.4 Å². The minimum absolute atomic E-state index is 0.0829. The highest BCUT2D eigenvalue weighted by molar-refractivity contribution is 9.10. The van der Waals surface area contributed by atoms with Crippen LogP contribution in [0.3, 0.4) is 0 Å². The SMILES string of the molecule is C[C@@]1(O)c2ccccc2S[C@H](c2ccc(Br)cc2)[C@H]1C=O. The lowest BCUT2D eigenvalue weighted by Crippen LogP contribution is -2.39. The zero-order valence-corrected chi connectivity index (χ0v) is 13.9. The highest BCUT2D eigenvalue weighted by Gasteiger charge is 2.45. The molecule has 0 bridgehead atoms. The lowest BCUT2D eigenvalue weighted by atomic mass is 9.79. The molecule has 0 amide bonds. The van der Waals surface area contributed by atoms with Crippen molar-refractivity contribution in [1.29, 1.82) is 0 Å². The van der Waals surface area contributed by atoms with Crippen LogP contribution >= 0.6 is 27.7 Å². The normalized spacial score (nSPS) is 28.0. The van der Waals surface area contributed by atoms with E-state index >= 15 is 0 Å². The minimum Gasteiger partial charge on any atom is -0.385 e. The van der Waals surface area contributed by atoms with E-state index in [9.17, 15) is 9.90 Å². The van der Waals surface area contributed by atoms with Gasteiger partial charge in [0.2, 0.25) is 0 Å². The Kier molecular flexibility index (Phi) is 3.95. The Hall–Kier alpha value is -1.10. The van der Waals surface area contributed by atoms with E-state index in [1.165, 1.54) is 0 Å². The molecule has 0 saturated heterocycles. The largest absolute Gasteiger partial charge is 0.385 e. The first-order valence-electron chi connectivity index (χ1n) is 6.73. The number of carbonyl (C=O) groups excluding carboxylic acids is 1. The van der Waals surface area contributed by atoms with Crippen LogP contribution in [-0.4, -0.2) is 11.4 Å². The second kappa shape index (κ2) is 5.59. The van der Waals surface area contributed by atoms with E-state index in [-0.39, 0.29) is 5.25 Å². The quantitative estimate of drug-likeness (QED) is 0.808. The average molecular weight is 363 g/mol. The van der Waals surface area contributed by atoms with Gasteiger partial charge in [0.05, 0.1) is 11.5 Å². The van der Waals surface area contributed by atoms with Gasteiger partial charge in [-0.05, 0) is 36.2 Å². The molecule has 4 heteroatoms. The zero-order valence-electron chi connectivity index (χ0n) is 11.5. The van der Waals surface area contributed by atoms with Gasteiger partial charge in [0.1, 0.15) is 6.29 Å². The third kappa shape index (κ3) is 2.56. The smallest absolute Gasteiger partial charge is 0.127 e. The fourth-order valence-electron chi connectivity index (χ4n) is 2.80. The Balaban J connectivity index is 2.10. The molecule has 0 spiro atoms. The Labute approximate surface area is 136 Å². The summed E-state index contributed by atoms with van der Waals surface area (Å²) in [5, 5.41) is 10.8. The number of aliphatic hydroxyl groups is 1. The van der Waals surface area contributed by atoms with Crippen molar-refractivity contribution >= 4 is 34.0 Å². The number of thioether (sulfide) groups is 1. The monoisotopic (exact) mass is 362 g/mol. The van der Waals surface area contributed by atoms with Crippen LogP contribution in [0.5, 0.6) is 0 Å². The van der Waals surface area contributed by atoms with E-state index < -0.39 is 11.5 Å². The van der Waals surface area contributed by atoms with E-state index in [1.54, 1.807) is 18.7 Å². The molecule has 0 aromatic heterocycles. The molecule has 2 nitrogen and oxygen atoms in total. The van der Waals surface area contributed by atoms with E-state index in [0.717, 1.165) is 26.8 Å². The summed E-state index contributed by atoms with van der Waals surface area (Å²) in [6, 6.07) is 15.7. The van der Waals surface area contributed by atoms with Crippen molar-refractivity contribution in [2.75, 3.05) is 0 Å². The van der Waals surface area contributed by atoms with Gasteiger partial charge in [0, 0.05) is 14.6 Å². The van der Waals surface area contributed by atoms with Crippen molar-refractivity contribution in [2.24, 2.45) is 5.92 Å². The lowest BCUT2D eigenvalue weighted by Gasteiger charge is -2.41. The fourth-order valence-corrected chi connectivity index (χ4v) is 4.67. The third-order valence-corrected chi connectivity index (χ3v) is 5.96. The summed E-state index contributed by atoms with van der Waals surface area (Å²) >= 11 is 5.07. The summed E-state index contributed by atoms with van der Waals surface area (Å²) in [6.45, 7) is 1.73. The maximum Gasteiger partial charge on any atom is 0.127 e. The van der Waals surface area contributed by atoms with Crippen LogP contribution in [0.25, 0.3) is 0 Å². The van der Waals surface area contributed by atoms with Gasteiger partial charge in [-0.25, -0.2) is 0 Å². The second-order valence-electron chi connectivity index (χ2n) is 5.40.